The number of para-hydroxylation sites is 1. The lowest BCUT2D eigenvalue weighted by Crippen LogP contribution is -2.47. The average Bonchev–Trinajstić information content (AvgIpc) is 2.79. The average molecular weight is 406 g/mol. The zero-order valence-corrected chi connectivity index (χ0v) is 17.2. The molecule has 6 heteroatoms. The Morgan fingerprint density at radius 1 is 1.07 bits per heavy atom. The predicted octanol–water partition coefficient (Wildman–Crippen LogP) is 4.28. The van der Waals surface area contributed by atoms with E-state index in [0.717, 1.165) is 35.0 Å². The van der Waals surface area contributed by atoms with Gasteiger partial charge in [-0.05, 0) is 49.2 Å². The minimum absolute atomic E-state index is 0.296. The summed E-state index contributed by atoms with van der Waals surface area (Å²) in [7, 11) is 3.21. The van der Waals surface area contributed by atoms with E-state index in [9.17, 15) is 9.90 Å². The lowest BCUT2D eigenvalue weighted by molar-refractivity contribution is -0.145. The number of carbonyl (C=O) groups is 1. The number of aliphatic carboxylic acids is 1. The fraction of sp³-hybridized carbons (Fsp3) is 0.333. The molecule has 0 aliphatic carbocycles. The van der Waals surface area contributed by atoms with E-state index in [1.165, 1.54) is 0 Å². The number of ether oxygens (including phenoxy) is 2. The van der Waals surface area contributed by atoms with Gasteiger partial charge < -0.3 is 14.6 Å². The van der Waals surface area contributed by atoms with Crippen LogP contribution in [-0.2, 0) is 4.79 Å². The molecule has 1 saturated heterocycles. The Morgan fingerprint density at radius 2 is 1.87 bits per heavy atom. The van der Waals surface area contributed by atoms with Crippen molar-refractivity contribution in [3.63, 3.8) is 0 Å². The Morgan fingerprint density at radius 3 is 2.63 bits per heavy atom. The van der Waals surface area contributed by atoms with E-state index in [0.29, 0.717) is 24.5 Å². The zero-order chi connectivity index (χ0) is 21.1. The molecule has 2 aromatic carbocycles. The molecule has 1 aliphatic rings. The normalized spacial score (nSPS) is 18.1. The molecule has 1 aliphatic heterocycles. The van der Waals surface area contributed by atoms with Crippen molar-refractivity contribution in [2.24, 2.45) is 0 Å². The minimum Gasteiger partial charge on any atom is -0.493 e. The summed E-state index contributed by atoms with van der Waals surface area (Å²) in [4.78, 5) is 19.0. The van der Waals surface area contributed by atoms with Crippen LogP contribution in [0.3, 0.4) is 0 Å². The number of aromatic nitrogens is 1. The van der Waals surface area contributed by atoms with Gasteiger partial charge in [0.1, 0.15) is 6.04 Å². The van der Waals surface area contributed by atoms with Crippen molar-refractivity contribution < 1.29 is 19.4 Å². The maximum Gasteiger partial charge on any atom is 0.320 e. The number of fused-ring (bicyclic) bond motifs is 1. The summed E-state index contributed by atoms with van der Waals surface area (Å²) >= 11 is 0. The van der Waals surface area contributed by atoms with Crippen LogP contribution in [0, 0.1) is 0 Å². The highest BCUT2D eigenvalue weighted by molar-refractivity contribution is 5.78. The van der Waals surface area contributed by atoms with Crippen LogP contribution in [0.1, 0.15) is 36.6 Å². The molecule has 0 amide bonds. The number of likely N-dealkylation sites (tertiary alicyclic amines) is 1. The third-order valence-electron chi connectivity index (χ3n) is 5.78. The van der Waals surface area contributed by atoms with Gasteiger partial charge in [-0.25, -0.2) is 0 Å². The summed E-state index contributed by atoms with van der Waals surface area (Å²) < 4.78 is 10.9. The molecule has 156 valence electrons. The highest BCUT2D eigenvalue weighted by atomic mass is 16.5. The molecule has 1 fully saturated rings. The Kier molecular flexibility index (Phi) is 5.86. The van der Waals surface area contributed by atoms with Crippen LogP contribution in [0.4, 0.5) is 0 Å². The van der Waals surface area contributed by atoms with Crippen LogP contribution in [-0.4, -0.2) is 47.8 Å². The summed E-state index contributed by atoms with van der Waals surface area (Å²) in [5, 5.41) is 11.0. The van der Waals surface area contributed by atoms with Crippen LogP contribution >= 0.6 is 0 Å². The fourth-order valence-corrected chi connectivity index (χ4v) is 4.32. The standard InChI is InChI=1S/C24H26N2O4/c1-29-21-13-11-17(15-22(21)30-2)23(26-14-6-5-9-20(26)24(27)28)19-12-10-16-7-3-4-8-18(16)25-19/h3-4,7-8,10-13,15,20,23H,5-6,9,14H2,1-2H3,(H,27,28). The van der Waals surface area contributed by atoms with Crippen molar-refractivity contribution in [1.29, 1.82) is 0 Å². The summed E-state index contributed by atoms with van der Waals surface area (Å²) in [5.41, 5.74) is 2.65. The van der Waals surface area contributed by atoms with Crippen LogP contribution in [0.5, 0.6) is 11.5 Å². The number of benzene rings is 2. The monoisotopic (exact) mass is 406 g/mol. The van der Waals surface area contributed by atoms with Crippen molar-refractivity contribution >= 4 is 16.9 Å². The fourth-order valence-electron chi connectivity index (χ4n) is 4.32. The Bertz CT molecular complexity index is 1050. The molecule has 2 unspecified atom stereocenters. The van der Waals surface area contributed by atoms with Gasteiger partial charge >= 0.3 is 5.97 Å². The number of nitrogens with zero attached hydrogens (tertiary/aromatic N) is 2. The smallest absolute Gasteiger partial charge is 0.320 e. The van der Waals surface area contributed by atoms with Gasteiger partial charge in [0.2, 0.25) is 0 Å². The molecule has 30 heavy (non-hydrogen) atoms. The second-order valence-corrected chi connectivity index (χ2v) is 7.53. The van der Waals surface area contributed by atoms with E-state index in [4.69, 9.17) is 14.5 Å². The van der Waals surface area contributed by atoms with Gasteiger partial charge in [-0.3, -0.25) is 14.7 Å². The molecule has 0 spiro atoms. The molecule has 3 aromatic rings. The first-order valence-corrected chi connectivity index (χ1v) is 10.2. The molecule has 4 rings (SSSR count). The summed E-state index contributed by atoms with van der Waals surface area (Å²) in [5.74, 6) is 0.463. The van der Waals surface area contributed by atoms with Crippen LogP contribution in [0.2, 0.25) is 0 Å². The van der Waals surface area contributed by atoms with Gasteiger partial charge in [-0.1, -0.05) is 36.8 Å². The Hall–Kier alpha value is -3.12. The highest BCUT2D eigenvalue weighted by Crippen LogP contribution is 2.38. The quantitative estimate of drug-likeness (QED) is 0.659. The number of hydrogen-bond acceptors (Lipinski definition) is 5. The SMILES string of the molecule is COc1ccc(C(c2ccc3ccccc3n2)N2CCCCC2C(=O)O)cc1OC. The first-order chi connectivity index (χ1) is 14.6. The van der Waals surface area contributed by atoms with Crippen LogP contribution in [0.15, 0.2) is 54.6 Å². The van der Waals surface area contributed by atoms with Crippen molar-refractivity contribution in [3.8, 4) is 11.5 Å². The van der Waals surface area contributed by atoms with E-state index in [1.807, 2.05) is 54.6 Å². The number of piperidine rings is 1. The molecule has 1 aromatic heterocycles. The van der Waals surface area contributed by atoms with Gasteiger partial charge in [0.05, 0.1) is 31.5 Å². The van der Waals surface area contributed by atoms with Crippen LogP contribution < -0.4 is 9.47 Å². The maximum atomic E-state index is 12.1. The van der Waals surface area contributed by atoms with Gasteiger partial charge in [0.25, 0.3) is 0 Å². The van der Waals surface area contributed by atoms with E-state index in [2.05, 4.69) is 4.90 Å². The van der Waals surface area contributed by atoms with Gasteiger partial charge in [-0.2, -0.15) is 0 Å². The molecule has 2 heterocycles. The Balaban J connectivity index is 1.86. The Labute approximate surface area is 176 Å². The van der Waals surface area contributed by atoms with Crippen molar-refractivity contribution in [3.05, 3.63) is 65.9 Å². The van der Waals surface area contributed by atoms with Gasteiger partial charge in [0, 0.05) is 5.39 Å². The molecule has 6 nitrogen and oxygen atoms in total. The number of rotatable bonds is 6. The van der Waals surface area contributed by atoms with E-state index >= 15 is 0 Å². The summed E-state index contributed by atoms with van der Waals surface area (Å²) in [6.07, 6.45) is 2.51. The number of carboxylic acid groups (broad SMARTS) is 1. The van der Waals surface area contributed by atoms with E-state index in [1.54, 1.807) is 14.2 Å². The minimum atomic E-state index is -0.791. The third kappa shape index (κ3) is 3.83. The van der Waals surface area contributed by atoms with Gasteiger partial charge in [-0.15, -0.1) is 0 Å². The number of pyridine rings is 1. The second kappa shape index (κ2) is 8.71. The first-order valence-electron chi connectivity index (χ1n) is 10.2. The molecular weight excluding hydrogens is 380 g/mol. The van der Waals surface area contributed by atoms with E-state index in [-0.39, 0.29) is 6.04 Å². The molecule has 0 radical (unpaired) electrons. The van der Waals surface area contributed by atoms with Gasteiger partial charge in [0.15, 0.2) is 11.5 Å². The summed E-state index contributed by atoms with van der Waals surface area (Å²) in [6.45, 7) is 0.699. The van der Waals surface area contributed by atoms with Crippen LogP contribution in [0.25, 0.3) is 10.9 Å². The third-order valence-corrected chi connectivity index (χ3v) is 5.78. The zero-order valence-electron chi connectivity index (χ0n) is 17.2. The predicted molar refractivity (Wildman–Crippen MR) is 115 cm³/mol. The first kappa shape index (κ1) is 20.2. The number of methoxy groups -OCH3 is 2. The van der Waals surface area contributed by atoms with Crippen molar-refractivity contribution in [2.45, 2.75) is 31.3 Å². The van der Waals surface area contributed by atoms with Crippen molar-refractivity contribution in [2.75, 3.05) is 20.8 Å². The topological polar surface area (TPSA) is 71.9 Å². The largest absolute Gasteiger partial charge is 0.493 e. The number of hydrogen-bond donors (Lipinski definition) is 1. The molecular formula is C24H26N2O4. The lowest BCUT2D eigenvalue weighted by Gasteiger charge is -2.39. The highest BCUT2D eigenvalue weighted by Gasteiger charge is 2.36. The lowest BCUT2D eigenvalue weighted by atomic mass is 9.93. The molecule has 0 saturated carbocycles. The maximum absolute atomic E-state index is 12.1. The number of carboxylic acids is 1. The molecule has 2 atom stereocenters. The van der Waals surface area contributed by atoms with Crippen molar-refractivity contribution in [1.82, 2.24) is 9.88 Å². The molecule has 1 N–H and O–H groups in total. The summed E-state index contributed by atoms with van der Waals surface area (Å²) in [6, 6.07) is 16.9. The molecule has 0 bridgehead atoms. The second-order valence-electron chi connectivity index (χ2n) is 7.53. The van der Waals surface area contributed by atoms with E-state index < -0.39 is 12.0 Å².